The molecule has 2 fully saturated rings. The van der Waals surface area contributed by atoms with Crippen LogP contribution in [-0.4, -0.2) is 65.6 Å². The highest BCUT2D eigenvalue weighted by Gasteiger charge is 2.38. The van der Waals surface area contributed by atoms with Crippen molar-refractivity contribution in [2.45, 2.75) is 50.6 Å². The van der Waals surface area contributed by atoms with Gasteiger partial charge < -0.3 is 19.8 Å². The molecule has 9 heteroatoms. The first-order chi connectivity index (χ1) is 13.3. The van der Waals surface area contributed by atoms with Crippen LogP contribution in [0.1, 0.15) is 48.9 Å². The number of esters is 1. The quantitative estimate of drug-likeness (QED) is 0.706. The van der Waals surface area contributed by atoms with Crippen molar-refractivity contribution < 1.29 is 33.0 Å². The van der Waals surface area contributed by atoms with Crippen molar-refractivity contribution in [3.05, 3.63) is 23.8 Å². The number of benzene rings is 1. The third-order valence-corrected chi connectivity index (χ3v) is 7.14. The van der Waals surface area contributed by atoms with Crippen LogP contribution in [0.3, 0.4) is 0 Å². The van der Waals surface area contributed by atoms with Crippen molar-refractivity contribution in [1.29, 1.82) is 0 Å². The number of sulfone groups is 1. The van der Waals surface area contributed by atoms with Gasteiger partial charge in [-0.1, -0.05) is 19.3 Å². The van der Waals surface area contributed by atoms with E-state index in [2.05, 4.69) is 0 Å². The Morgan fingerprint density at radius 1 is 1.07 bits per heavy atom. The smallest absolute Gasteiger partial charge is 0.342 e. The van der Waals surface area contributed by atoms with Gasteiger partial charge in [-0.25, -0.2) is 13.2 Å². The summed E-state index contributed by atoms with van der Waals surface area (Å²) in [7, 11) is -3.16. The molecule has 0 unspecified atom stereocenters. The minimum atomic E-state index is -3.16. The Morgan fingerprint density at radius 2 is 1.79 bits per heavy atom. The highest BCUT2D eigenvalue weighted by Crippen LogP contribution is 2.29. The standard InChI is InChI=1S/C19H25NO7S/c21-15-6-7-16(17(22)10-15)19(24)27-11-18(23)20(13-4-2-1-3-5-13)14-8-9-28(25,26)12-14/h6-7,10,13-14,21-22H,1-5,8-9,11-12H2/t14-/m1/s1. The van der Waals surface area contributed by atoms with Crippen molar-refractivity contribution in [1.82, 2.24) is 4.90 Å². The minimum Gasteiger partial charge on any atom is -0.508 e. The largest absolute Gasteiger partial charge is 0.508 e. The SMILES string of the molecule is O=C(OCC(=O)N(C1CCCCC1)[C@@H]1CCS(=O)(=O)C1)c1ccc(O)cc1O. The van der Waals surface area contributed by atoms with E-state index in [9.17, 15) is 28.2 Å². The minimum absolute atomic E-state index is 0.0414. The first-order valence-corrected chi connectivity index (χ1v) is 11.3. The molecule has 28 heavy (non-hydrogen) atoms. The second kappa shape index (κ2) is 8.38. The summed E-state index contributed by atoms with van der Waals surface area (Å²) in [4.78, 5) is 26.7. The summed E-state index contributed by atoms with van der Waals surface area (Å²) < 4.78 is 28.9. The molecule has 0 bridgehead atoms. The maximum atomic E-state index is 12.9. The summed E-state index contributed by atoms with van der Waals surface area (Å²) in [5, 5.41) is 19.0. The molecule has 3 rings (SSSR count). The van der Waals surface area contributed by atoms with E-state index in [0.29, 0.717) is 6.42 Å². The lowest BCUT2D eigenvalue weighted by molar-refractivity contribution is -0.140. The Hall–Kier alpha value is -2.29. The number of phenolic OH excluding ortho intramolecular Hbond substituents is 2. The molecule has 0 radical (unpaired) electrons. The van der Waals surface area contributed by atoms with E-state index in [1.165, 1.54) is 12.1 Å². The molecule has 2 N–H and O–H groups in total. The first-order valence-electron chi connectivity index (χ1n) is 9.47. The van der Waals surface area contributed by atoms with Gasteiger partial charge in [0.25, 0.3) is 5.91 Å². The zero-order chi connectivity index (χ0) is 20.3. The summed E-state index contributed by atoms with van der Waals surface area (Å²) in [6.45, 7) is -0.522. The molecule has 154 valence electrons. The summed E-state index contributed by atoms with van der Waals surface area (Å²) in [6, 6.07) is 3.02. The highest BCUT2D eigenvalue weighted by molar-refractivity contribution is 7.91. The number of amides is 1. The van der Waals surface area contributed by atoms with E-state index in [-0.39, 0.29) is 34.9 Å². The van der Waals surface area contributed by atoms with Crippen molar-refractivity contribution in [3.8, 4) is 11.5 Å². The number of phenols is 2. The summed E-state index contributed by atoms with van der Waals surface area (Å²) >= 11 is 0. The molecule has 1 aliphatic heterocycles. The number of hydrogen-bond donors (Lipinski definition) is 2. The maximum Gasteiger partial charge on any atom is 0.342 e. The Balaban J connectivity index is 1.69. The molecular formula is C19H25NO7S. The fourth-order valence-electron chi connectivity index (χ4n) is 4.03. The van der Waals surface area contributed by atoms with Crippen LogP contribution >= 0.6 is 0 Å². The monoisotopic (exact) mass is 411 g/mol. The van der Waals surface area contributed by atoms with Crippen LogP contribution in [0.15, 0.2) is 18.2 Å². The lowest BCUT2D eigenvalue weighted by Crippen LogP contribution is -2.50. The van der Waals surface area contributed by atoms with Gasteiger partial charge >= 0.3 is 5.97 Å². The van der Waals surface area contributed by atoms with Gasteiger partial charge in [0.2, 0.25) is 0 Å². The zero-order valence-corrected chi connectivity index (χ0v) is 16.4. The van der Waals surface area contributed by atoms with E-state index in [1.54, 1.807) is 4.90 Å². The van der Waals surface area contributed by atoms with Crippen LogP contribution in [0.25, 0.3) is 0 Å². The van der Waals surface area contributed by atoms with Gasteiger partial charge in [-0.2, -0.15) is 0 Å². The van der Waals surface area contributed by atoms with Crippen molar-refractivity contribution in [2.75, 3.05) is 18.1 Å². The van der Waals surface area contributed by atoms with Crippen molar-refractivity contribution in [2.24, 2.45) is 0 Å². The molecule has 1 heterocycles. The molecule has 8 nitrogen and oxygen atoms in total. The first kappa shape index (κ1) is 20.4. The van der Waals surface area contributed by atoms with E-state index in [4.69, 9.17) is 4.74 Å². The number of hydrogen-bond acceptors (Lipinski definition) is 7. The Labute approximate surface area is 164 Å². The topological polar surface area (TPSA) is 121 Å². The average molecular weight is 411 g/mol. The summed E-state index contributed by atoms with van der Waals surface area (Å²) in [5.74, 6) is -1.93. The molecule has 1 aromatic rings. The predicted octanol–water partition coefficient (Wildman–Crippen LogP) is 1.60. The Kier molecular flexibility index (Phi) is 6.12. The molecule has 1 amide bonds. The number of nitrogens with zero attached hydrogens (tertiary/aromatic N) is 1. The molecule has 0 aromatic heterocycles. The zero-order valence-electron chi connectivity index (χ0n) is 15.5. The number of ether oxygens (including phenoxy) is 1. The third-order valence-electron chi connectivity index (χ3n) is 5.39. The average Bonchev–Trinajstić information content (AvgIpc) is 3.00. The van der Waals surface area contributed by atoms with Crippen LogP contribution in [0.2, 0.25) is 0 Å². The number of rotatable bonds is 5. The lowest BCUT2D eigenvalue weighted by Gasteiger charge is -2.38. The fourth-order valence-corrected chi connectivity index (χ4v) is 5.74. The molecule has 0 spiro atoms. The van der Waals surface area contributed by atoms with Gasteiger partial charge in [-0.3, -0.25) is 4.79 Å². The van der Waals surface area contributed by atoms with E-state index in [1.807, 2.05) is 0 Å². The number of carbonyl (C=O) groups excluding carboxylic acids is 2. The molecule has 1 aromatic carbocycles. The molecule has 1 aliphatic carbocycles. The maximum absolute atomic E-state index is 12.9. The number of aromatic hydroxyl groups is 2. The van der Waals surface area contributed by atoms with Gasteiger partial charge in [0.1, 0.15) is 17.1 Å². The van der Waals surface area contributed by atoms with Crippen molar-refractivity contribution >= 4 is 21.7 Å². The second-order valence-electron chi connectivity index (χ2n) is 7.43. The van der Waals surface area contributed by atoms with E-state index in [0.717, 1.165) is 38.2 Å². The third kappa shape index (κ3) is 4.76. The van der Waals surface area contributed by atoms with Gasteiger partial charge in [-0.05, 0) is 31.4 Å². The number of carbonyl (C=O) groups is 2. The fraction of sp³-hybridized carbons (Fsp3) is 0.579. The van der Waals surface area contributed by atoms with Crippen molar-refractivity contribution in [3.63, 3.8) is 0 Å². The summed E-state index contributed by atoms with van der Waals surface area (Å²) in [5.41, 5.74) is -0.154. The Morgan fingerprint density at radius 3 is 2.39 bits per heavy atom. The predicted molar refractivity (Wildman–Crippen MR) is 101 cm³/mol. The van der Waals surface area contributed by atoms with Crippen LogP contribution in [0.4, 0.5) is 0 Å². The van der Waals surface area contributed by atoms with E-state index < -0.39 is 34.1 Å². The molecule has 1 saturated carbocycles. The Bertz CT molecular complexity index is 846. The molecule has 2 aliphatic rings. The van der Waals surface area contributed by atoms with Gasteiger partial charge in [0.05, 0.1) is 11.5 Å². The highest BCUT2D eigenvalue weighted by atomic mass is 32.2. The van der Waals surface area contributed by atoms with Gasteiger partial charge in [0, 0.05) is 18.2 Å². The van der Waals surface area contributed by atoms with Crippen LogP contribution in [0, 0.1) is 0 Å². The van der Waals surface area contributed by atoms with Gasteiger partial charge in [0.15, 0.2) is 16.4 Å². The molecular weight excluding hydrogens is 386 g/mol. The molecule has 1 atom stereocenters. The second-order valence-corrected chi connectivity index (χ2v) is 9.66. The normalized spacial score (nSPS) is 21.9. The molecule has 1 saturated heterocycles. The van der Waals surface area contributed by atoms with Crippen LogP contribution in [0.5, 0.6) is 11.5 Å². The van der Waals surface area contributed by atoms with Crippen LogP contribution < -0.4 is 0 Å². The van der Waals surface area contributed by atoms with Crippen LogP contribution in [-0.2, 0) is 19.4 Å². The lowest BCUT2D eigenvalue weighted by atomic mass is 9.93. The summed E-state index contributed by atoms with van der Waals surface area (Å²) in [6.07, 6.45) is 5.09. The van der Waals surface area contributed by atoms with Gasteiger partial charge in [-0.15, -0.1) is 0 Å². The van der Waals surface area contributed by atoms with E-state index >= 15 is 0 Å².